The molecular formula is C13H16Cl2N2O. The lowest BCUT2D eigenvalue weighted by molar-refractivity contribution is 0.0939. The molecule has 0 spiro atoms. The number of nitrogens with zero attached hydrogens (tertiary/aromatic N) is 1. The fraction of sp³-hybridized carbons (Fsp3) is 0.538. The zero-order valence-electron chi connectivity index (χ0n) is 10.5. The van der Waals surface area contributed by atoms with E-state index in [9.17, 15) is 4.79 Å². The van der Waals surface area contributed by atoms with Crippen LogP contribution in [0.15, 0.2) is 12.1 Å². The van der Waals surface area contributed by atoms with Crippen molar-refractivity contribution in [2.75, 3.05) is 6.54 Å². The van der Waals surface area contributed by atoms with Gasteiger partial charge in [0.2, 0.25) is 0 Å². The van der Waals surface area contributed by atoms with E-state index in [1.165, 1.54) is 12.8 Å². The third kappa shape index (κ3) is 2.78. The van der Waals surface area contributed by atoms with Gasteiger partial charge in [0.25, 0.3) is 5.91 Å². The summed E-state index contributed by atoms with van der Waals surface area (Å²) in [6.45, 7) is 5.08. The van der Waals surface area contributed by atoms with Gasteiger partial charge in [-0.1, -0.05) is 37.0 Å². The zero-order valence-corrected chi connectivity index (χ0v) is 12.0. The molecule has 1 saturated carbocycles. The van der Waals surface area contributed by atoms with Gasteiger partial charge in [-0.25, -0.2) is 4.98 Å². The molecular weight excluding hydrogens is 271 g/mol. The fourth-order valence-electron chi connectivity index (χ4n) is 2.05. The average Bonchev–Trinajstić information content (AvgIpc) is 3.07. The molecule has 0 bridgehead atoms. The van der Waals surface area contributed by atoms with E-state index in [0.29, 0.717) is 18.0 Å². The van der Waals surface area contributed by atoms with Crippen LogP contribution in [0.3, 0.4) is 0 Å². The summed E-state index contributed by atoms with van der Waals surface area (Å²) >= 11 is 11.6. The number of nitrogens with one attached hydrogen (secondary N) is 1. The van der Waals surface area contributed by atoms with E-state index in [1.807, 2.05) is 0 Å². The molecule has 98 valence electrons. The zero-order chi connectivity index (χ0) is 13.3. The second kappa shape index (κ2) is 5.06. The van der Waals surface area contributed by atoms with Crippen LogP contribution in [0.25, 0.3) is 0 Å². The Balaban J connectivity index is 2.00. The SMILES string of the molecule is CC(C)C1(CNC(=O)c2ccc(Cl)nc2Cl)CC1. The van der Waals surface area contributed by atoms with Crippen molar-refractivity contribution in [3.05, 3.63) is 28.0 Å². The lowest BCUT2D eigenvalue weighted by Crippen LogP contribution is -2.32. The topological polar surface area (TPSA) is 42.0 Å². The van der Waals surface area contributed by atoms with Crippen molar-refractivity contribution in [3.8, 4) is 0 Å². The van der Waals surface area contributed by atoms with Gasteiger partial charge in [-0.05, 0) is 36.3 Å². The van der Waals surface area contributed by atoms with Crippen LogP contribution in [0, 0.1) is 11.3 Å². The maximum atomic E-state index is 12.0. The number of carbonyl (C=O) groups is 1. The summed E-state index contributed by atoms with van der Waals surface area (Å²) < 4.78 is 0. The quantitative estimate of drug-likeness (QED) is 0.860. The predicted octanol–water partition coefficient (Wildman–Crippen LogP) is 3.55. The molecule has 1 aromatic rings. The van der Waals surface area contributed by atoms with Gasteiger partial charge in [-0.15, -0.1) is 0 Å². The van der Waals surface area contributed by atoms with Gasteiger partial charge < -0.3 is 5.32 Å². The Hall–Kier alpha value is -0.800. The summed E-state index contributed by atoms with van der Waals surface area (Å²) in [5.41, 5.74) is 0.655. The van der Waals surface area contributed by atoms with Gasteiger partial charge in [0.15, 0.2) is 0 Å². The molecule has 1 aliphatic carbocycles. The highest BCUT2D eigenvalue weighted by Gasteiger charge is 2.45. The Labute approximate surface area is 117 Å². The van der Waals surface area contributed by atoms with Gasteiger partial charge in [0, 0.05) is 6.54 Å². The van der Waals surface area contributed by atoms with Crippen LogP contribution in [0.5, 0.6) is 0 Å². The van der Waals surface area contributed by atoms with E-state index < -0.39 is 0 Å². The van der Waals surface area contributed by atoms with E-state index in [1.54, 1.807) is 12.1 Å². The standard InChI is InChI=1S/C13H16Cl2N2O/c1-8(2)13(5-6-13)7-16-12(18)9-3-4-10(14)17-11(9)15/h3-4,8H,5-7H2,1-2H3,(H,16,18). The summed E-state index contributed by atoms with van der Waals surface area (Å²) in [5.74, 6) is 0.396. The number of hydrogen-bond donors (Lipinski definition) is 1. The highest BCUT2D eigenvalue weighted by Crippen LogP contribution is 2.51. The first kappa shape index (κ1) is 13.6. The first-order chi connectivity index (χ1) is 8.44. The third-order valence-electron chi connectivity index (χ3n) is 3.78. The van der Waals surface area contributed by atoms with Gasteiger partial charge >= 0.3 is 0 Å². The number of hydrogen-bond acceptors (Lipinski definition) is 2. The summed E-state index contributed by atoms with van der Waals surface area (Å²) in [4.78, 5) is 15.9. The Kier molecular flexibility index (Phi) is 3.83. The Bertz CT molecular complexity index is 470. The lowest BCUT2D eigenvalue weighted by atomic mass is 9.92. The highest BCUT2D eigenvalue weighted by atomic mass is 35.5. The average molecular weight is 287 g/mol. The van der Waals surface area contributed by atoms with E-state index >= 15 is 0 Å². The molecule has 1 N–H and O–H groups in total. The van der Waals surface area contributed by atoms with E-state index in [0.717, 1.165) is 0 Å². The van der Waals surface area contributed by atoms with Crippen LogP contribution in [0.2, 0.25) is 10.3 Å². The molecule has 1 aromatic heterocycles. The Morgan fingerprint density at radius 3 is 2.61 bits per heavy atom. The number of halogens is 2. The molecule has 2 rings (SSSR count). The molecule has 1 fully saturated rings. The van der Waals surface area contributed by atoms with Crippen LogP contribution in [-0.4, -0.2) is 17.4 Å². The number of carbonyl (C=O) groups excluding carboxylic acids is 1. The molecule has 0 unspecified atom stereocenters. The fourth-order valence-corrected chi connectivity index (χ4v) is 2.48. The van der Waals surface area contributed by atoms with Crippen LogP contribution >= 0.6 is 23.2 Å². The highest BCUT2D eigenvalue weighted by molar-refractivity contribution is 6.34. The first-order valence-electron chi connectivity index (χ1n) is 6.05. The second-order valence-electron chi connectivity index (χ2n) is 5.17. The normalized spacial score (nSPS) is 16.7. The second-order valence-corrected chi connectivity index (χ2v) is 5.92. The van der Waals surface area contributed by atoms with Crippen molar-refractivity contribution in [2.24, 2.45) is 11.3 Å². The maximum Gasteiger partial charge on any atom is 0.254 e. The minimum absolute atomic E-state index is 0.148. The number of amides is 1. The molecule has 0 aromatic carbocycles. The molecule has 3 nitrogen and oxygen atoms in total. The summed E-state index contributed by atoms with van der Waals surface area (Å²) in [7, 11) is 0. The van der Waals surface area contributed by atoms with E-state index in [2.05, 4.69) is 24.1 Å². The number of aromatic nitrogens is 1. The summed E-state index contributed by atoms with van der Waals surface area (Å²) in [6.07, 6.45) is 2.36. The van der Waals surface area contributed by atoms with Crippen molar-refractivity contribution < 1.29 is 4.79 Å². The molecule has 0 saturated heterocycles. The Morgan fingerprint density at radius 2 is 2.11 bits per heavy atom. The van der Waals surface area contributed by atoms with Crippen molar-refractivity contribution in [1.29, 1.82) is 0 Å². The summed E-state index contributed by atoms with van der Waals surface area (Å²) in [5, 5.41) is 3.37. The Morgan fingerprint density at radius 1 is 1.44 bits per heavy atom. The van der Waals surface area contributed by atoms with E-state index in [4.69, 9.17) is 23.2 Å². The molecule has 1 aliphatic rings. The third-order valence-corrected chi connectivity index (χ3v) is 4.28. The minimum Gasteiger partial charge on any atom is -0.351 e. The molecule has 0 aliphatic heterocycles. The smallest absolute Gasteiger partial charge is 0.254 e. The largest absolute Gasteiger partial charge is 0.351 e. The van der Waals surface area contributed by atoms with Crippen LogP contribution in [0.4, 0.5) is 0 Å². The van der Waals surface area contributed by atoms with Crippen LogP contribution in [0.1, 0.15) is 37.0 Å². The van der Waals surface area contributed by atoms with Gasteiger partial charge in [0.1, 0.15) is 10.3 Å². The van der Waals surface area contributed by atoms with Gasteiger partial charge in [-0.2, -0.15) is 0 Å². The van der Waals surface area contributed by atoms with Gasteiger partial charge in [0.05, 0.1) is 5.56 Å². The monoisotopic (exact) mass is 286 g/mol. The van der Waals surface area contributed by atoms with Gasteiger partial charge in [-0.3, -0.25) is 4.79 Å². The molecule has 1 amide bonds. The maximum absolute atomic E-state index is 12.0. The lowest BCUT2D eigenvalue weighted by Gasteiger charge is -2.20. The molecule has 1 heterocycles. The van der Waals surface area contributed by atoms with Crippen molar-refractivity contribution in [3.63, 3.8) is 0 Å². The number of pyridine rings is 1. The molecule has 0 radical (unpaired) electrons. The molecule has 18 heavy (non-hydrogen) atoms. The predicted molar refractivity (Wildman–Crippen MR) is 73.1 cm³/mol. The van der Waals surface area contributed by atoms with Crippen molar-refractivity contribution in [1.82, 2.24) is 10.3 Å². The van der Waals surface area contributed by atoms with Crippen molar-refractivity contribution in [2.45, 2.75) is 26.7 Å². The van der Waals surface area contributed by atoms with Crippen molar-refractivity contribution >= 4 is 29.1 Å². The molecule has 5 heteroatoms. The summed E-state index contributed by atoms with van der Waals surface area (Å²) in [6, 6.07) is 3.17. The van der Waals surface area contributed by atoms with Crippen LogP contribution in [-0.2, 0) is 0 Å². The first-order valence-corrected chi connectivity index (χ1v) is 6.80. The van der Waals surface area contributed by atoms with E-state index in [-0.39, 0.29) is 21.6 Å². The molecule has 0 atom stereocenters. The van der Waals surface area contributed by atoms with Crippen LogP contribution < -0.4 is 5.32 Å². The number of rotatable bonds is 4. The minimum atomic E-state index is -0.184.